The van der Waals surface area contributed by atoms with Crippen LogP contribution in [0.2, 0.25) is 0 Å². The maximum atomic E-state index is 12.9. The Morgan fingerprint density at radius 1 is 1.09 bits per heavy atom. The van der Waals surface area contributed by atoms with E-state index in [1.165, 1.54) is 11.1 Å². The molecule has 0 saturated carbocycles. The van der Waals surface area contributed by atoms with Crippen LogP contribution in [0, 0.1) is 0 Å². The van der Waals surface area contributed by atoms with E-state index in [0.717, 1.165) is 34.7 Å². The van der Waals surface area contributed by atoms with Crippen molar-refractivity contribution >= 4 is 29.1 Å². The van der Waals surface area contributed by atoms with Crippen molar-refractivity contribution in [2.75, 3.05) is 5.32 Å². The number of carbonyl (C=O) groups excluding carboxylic acids is 2. The van der Waals surface area contributed by atoms with Crippen LogP contribution in [0.4, 0.5) is 10.6 Å². The minimum absolute atomic E-state index is 0.0202. The van der Waals surface area contributed by atoms with E-state index in [0.29, 0.717) is 5.82 Å². The van der Waals surface area contributed by atoms with Crippen LogP contribution in [0.25, 0.3) is 16.3 Å². The summed E-state index contributed by atoms with van der Waals surface area (Å²) in [5.74, 6) is 0.139. The average molecular weight is 458 g/mol. The van der Waals surface area contributed by atoms with E-state index >= 15 is 0 Å². The largest absolute Gasteiger partial charge is 0.369 e. The van der Waals surface area contributed by atoms with Gasteiger partial charge in [0.2, 0.25) is 5.91 Å². The van der Waals surface area contributed by atoms with Gasteiger partial charge in [0.1, 0.15) is 11.5 Å². The molecule has 33 heavy (non-hydrogen) atoms. The first kappa shape index (κ1) is 21.0. The number of aromatic nitrogens is 2. The molecule has 0 unspecified atom stereocenters. The van der Waals surface area contributed by atoms with Crippen molar-refractivity contribution in [3.63, 3.8) is 0 Å². The third-order valence-corrected chi connectivity index (χ3v) is 6.59. The molecule has 166 valence electrons. The topological polar surface area (TPSA) is 102 Å². The van der Waals surface area contributed by atoms with E-state index in [1.807, 2.05) is 60.0 Å². The lowest BCUT2D eigenvalue weighted by atomic mass is 10.1. The van der Waals surface area contributed by atoms with E-state index in [1.54, 1.807) is 16.0 Å². The molecule has 0 spiro atoms. The summed E-state index contributed by atoms with van der Waals surface area (Å²) in [5.41, 5.74) is 10.1. The number of anilines is 1. The first-order chi connectivity index (χ1) is 16.1. The predicted octanol–water partition coefficient (Wildman–Crippen LogP) is 4.44. The zero-order chi connectivity index (χ0) is 22.8. The Balaban J connectivity index is 1.43. The summed E-state index contributed by atoms with van der Waals surface area (Å²) in [4.78, 5) is 25.3. The number of carbonyl (C=O) groups is 2. The van der Waals surface area contributed by atoms with E-state index in [2.05, 4.69) is 22.8 Å². The zero-order valence-corrected chi connectivity index (χ0v) is 18.6. The van der Waals surface area contributed by atoms with Crippen LogP contribution < -0.4 is 16.4 Å². The SMILES string of the molecule is NC(=O)Cc1cccc(-n2nc(-c3cccs3)cc2NC(=O)N[C@H]2CCc3ccccc32)c1. The van der Waals surface area contributed by atoms with Gasteiger partial charge in [-0.05, 0) is 53.1 Å². The fraction of sp³-hybridized carbons (Fsp3) is 0.160. The molecule has 0 radical (unpaired) electrons. The molecule has 1 aliphatic rings. The number of benzene rings is 2. The number of primary amides is 1. The number of hydrogen-bond donors (Lipinski definition) is 3. The van der Waals surface area contributed by atoms with Crippen LogP contribution in [-0.2, 0) is 17.6 Å². The van der Waals surface area contributed by atoms with Gasteiger partial charge in [-0.2, -0.15) is 5.10 Å². The van der Waals surface area contributed by atoms with Crippen LogP contribution in [0.3, 0.4) is 0 Å². The van der Waals surface area contributed by atoms with Gasteiger partial charge in [0, 0.05) is 6.07 Å². The molecule has 0 aliphatic heterocycles. The molecule has 2 heterocycles. The molecule has 2 aromatic carbocycles. The molecule has 1 atom stereocenters. The molecule has 3 amide bonds. The number of urea groups is 1. The number of nitrogens with zero attached hydrogens (tertiary/aromatic N) is 2. The Labute approximate surface area is 195 Å². The Kier molecular flexibility index (Phi) is 5.66. The van der Waals surface area contributed by atoms with Gasteiger partial charge in [0.05, 0.1) is 23.0 Å². The molecule has 4 N–H and O–H groups in total. The summed E-state index contributed by atoms with van der Waals surface area (Å²) in [6.07, 6.45) is 1.97. The lowest BCUT2D eigenvalue weighted by Gasteiger charge is -2.15. The second kappa shape index (κ2) is 8.91. The fourth-order valence-corrected chi connectivity index (χ4v) is 4.91. The van der Waals surface area contributed by atoms with Crippen molar-refractivity contribution in [1.29, 1.82) is 0 Å². The molecule has 8 heteroatoms. The second-order valence-electron chi connectivity index (χ2n) is 8.01. The molecule has 7 nitrogen and oxygen atoms in total. The summed E-state index contributed by atoms with van der Waals surface area (Å²) in [5, 5.41) is 12.8. The highest BCUT2D eigenvalue weighted by Gasteiger charge is 2.24. The van der Waals surface area contributed by atoms with Gasteiger partial charge in [-0.15, -0.1) is 11.3 Å². The van der Waals surface area contributed by atoms with Crippen molar-refractivity contribution in [3.05, 3.63) is 88.8 Å². The second-order valence-corrected chi connectivity index (χ2v) is 8.95. The monoisotopic (exact) mass is 457 g/mol. The normalized spacial score (nSPS) is 14.6. The highest BCUT2D eigenvalue weighted by Crippen LogP contribution is 2.31. The molecule has 0 bridgehead atoms. The van der Waals surface area contributed by atoms with Gasteiger partial charge in [0.25, 0.3) is 0 Å². The minimum atomic E-state index is -0.401. The highest BCUT2D eigenvalue weighted by atomic mass is 32.1. The van der Waals surface area contributed by atoms with Crippen molar-refractivity contribution in [3.8, 4) is 16.3 Å². The van der Waals surface area contributed by atoms with E-state index in [-0.39, 0.29) is 18.5 Å². The number of thiophene rings is 1. The standard InChI is InChI=1S/C25H23N5O2S/c26-23(31)14-16-5-3-7-18(13-16)30-24(15-21(29-30)22-9-4-12-33-22)28-25(32)27-20-11-10-17-6-1-2-8-19(17)20/h1-9,12-13,15,20H,10-11,14H2,(H2,26,31)(H2,27,28,32)/t20-/m0/s1. The van der Waals surface area contributed by atoms with Gasteiger partial charge in [-0.3, -0.25) is 10.1 Å². The number of hydrogen-bond acceptors (Lipinski definition) is 4. The van der Waals surface area contributed by atoms with Crippen LogP contribution in [0.5, 0.6) is 0 Å². The zero-order valence-electron chi connectivity index (χ0n) is 17.8. The third kappa shape index (κ3) is 4.51. The van der Waals surface area contributed by atoms with Crippen LogP contribution in [0.15, 0.2) is 72.1 Å². The molecular formula is C25H23N5O2S. The molecule has 5 rings (SSSR count). The van der Waals surface area contributed by atoms with Crippen molar-refractivity contribution in [2.24, 2.45) is 5.73 Å². The number of nitrogens with one attached hydrogen (secondary N) is 2. The van der Waals surface area contributed by atoms with Gasteiger partial charge < -0.3 is 11.1 Å². The molecule has 1 aliphatic carbocycles. The van der Waals surface area contributed by atoms with Gasteiger partial charge in [-0.1, -0.05) is 42.5 Å². The maximum absolute atomic E-state index is 12.9. The lowest BCUT2D eigenvalue weighted by Crippen LogP contribution is -2.32. The Morgan fingerprint density at radius 2 is 1.97 bits per heavy atom. The van der Waals surface area contributed by atoms with Crippen molar-refractivity contribution in [2.45, 2.75) is 25.3 Å². The smallest absolute Gasteiger partial charge is 0.320 e. The number of aryl methyl sites for hydroxylation is 1. The molecule has 0 fully saturated rings. The first-order valence-electron chi connectivity index (χ1n) is 10.7. The maximum Gasteiger partial charge on any atom is 0.320 e. The van der Waals surface area contributed by atoms with Gasteiger partial charge in [-0.25, -0.2) is 9.48 Å². The first-order valence-corrected chi connectivity index (χ1v) is 11.6. The summed E-state index contributed by atoms with van der Waals surface area (Å²) < 4.78 is 1.68. The fourth-order valence-electron chi connectivity index (χ4n) is 4.23. The molecule has 4 aromatic rings. The predicted molar refractivity (Wildman–Crippen MR) is 129 cm³/mol. The summed E-state index contributed by atoms with van der Waals surface area (Å²) in [6.45, 7) is 0. The number of rotatable bonds is 6. The van der Waals surface area contributed by atoms with Crippen molar-refractivity contribution < 1.29 is 9.59 Å². The average Bonchev–Trinajstić information content (AvgIpc) is 3.54. The van der Waals surface area contributed by atoms with Gasteiger partial charge >= 0.3 is 6.03 Å². The van der Waals surface area contributed by atoms with Crippen LogP contribution in [-0.4, -0.2) is 21.7 Å². The number of fused-ring (bicyclic) bond motifs is 1. The summed E-state index contributed by atoms with van der Waals surface area (Å²) in [6, 6.07) is 21.1. The third-order valence-electron chi connectivity index (χ3n) is 5.70. The molecule has 0 saturated heterocycles. The number of nitrogens with two attached hydrogens (primary N) is 1. The van der Waals surface area contributed by atoms with E-state index < -0.39 is 5.91 Å². The minimum Gasteiger partial charge on any atom is -0.369 e. The van der Waals surface area contributed by atoms with Crippen LogP contribution >= 0.6 is 11.3 Å². The Hall–Kier alpha value is -3.91. The Bertz CT molecular complexity index is 1310. The Morgan fingerprint density at radius 3 is 2.79 bits per heavy atom. The van der Waals surface area contributed by atoms with E-state index in [9.17, 15) is 9.59 Å². The van der Waals surface area contributed by atoms with Gasteiger partial charge in [0.15, 0.2) is 0 Å². The molecule has 2 aromatic heterocycles. The summed E-state index contributed by atoms with van der Waals surface area (Å²) in [7, 11) is 0. The number of amides is 3. The highest BCUT2D eigenvalue weighted by molar-refractivity contribution is 7.13. The van der Waals surface area contributed by atoms with Crippen molar-refractivity contribution in [1.82, 2.24) is 15.1 Å². The van der Waals surface area contributed by atoms with Crippen LogP contribution in [0.1, 0.15) is 29.2 Å². The van der Waals surface area contributed by atoms with E-state index in [4.69, 9.17) is 10.8 Å². The molecular weight excluding hydrogens is 434 g/mol. The summed E-state index contributed by atoms with van der Waals surface area (Å²) >= 11 is 1.58. The lowest BCUT2D eigenvalue weighted by molar-refractivity contribution is -0.117. The quantitative estimate of drug-likeness (QED) is 0.399.